The zero-order chi connectivity index (χ0) is 16.9. The van der Waals surface area contributed by atoms with Crippen LogP contribution in [-0.4, -0.2) is 33.9 Å². The van der Waals surface area contributed by atoms with Crippen molar-refractivity contribution in [3.8, 4) is 0 Å². The Morgan fingerprint density at radius 1 is 1.21 bits per heavy atom. The number of pyridine rings is 1. The van der Waals surface area contributed by atoms with Crippen LogP contribution in [0, 0.1) is 0 Å². The molecule has 2 heterocycles. The molecule has 0 saturated heterocycles. The average Bonchev–Trinajstić information content (AvgIpc) is 3.03. The fraction of sp³-hybridized carbons (Fsp3) is 0.300. The third kappa shape index (κ3) is 3.48. The number of nitrogens with zero attached hydrogens (tertiary/aromatic N) is 2. The molecular weight excluding hydrogens is 298 g/mol. The van der Waals surface area contributed by atoms with Crippen LogP contribution in [-0.2, 0) is 17.6 Å². The quantitative estimate of drug-likeness (QED) is 0.754. The summed E-state index contributed by atoms with van der Waals surface area (Å²) in [7, 11) is 1.91. The number of hydrogen-bond acceptors (Lipinski definition) is 2. The van der Waals surface area contributed by atoms with Crippen molar-refractivity contribution in [1.29, 1.82) is 0 Å². The molecule has 1 aromatic carbocycles. The van der Waals surface area contributed by atoms with Gasteiger partial charge in [-0.1, -0.05) is 37.3 Å². The third-order valence-corrected chi connectivity index (χ3v) is 4.60. The fourth-order valence-corrected chi connectivity index (χ4v) is 3.09. The smallest absolute Gasteiger partial charge is 0.227 e. The zero-order valence-corrected chi connectivity index (χ0v) is 14.2. The number of aromatic amines is 1. The minimum atomic E-state index is 0.141. The Morgan fingerprint density at radius 3 is 2.75 bits per heavy atom. The van der Waals surface area contributed by atoms with Gasteiger partial charge in [0.05, 0.1) is 6.42 Å². The predicted octanol–water partition coefficient (Wildman–Crippen LogP) is 3.59. The van der Waals surface area contributed by atoms with E-state index < -0.39 is 0 Å². The maximum Gasteiger partial charge on any atom is 0.227 e. The first-order valence-electron chi connectivity index (χ1n) is 8.39. The van der Waals surface area contributed by atoms with Gasteiger partial charge in [-0.25, -0.2) is 4.98 Å². The lowest BCUT2D eigenvalue weighted by Crippen LogP contribution is -2.39. The molecule has 1 N–H and O–H groups in total. The van der Waals surface area contributed by atoms with E-state index in [1.807, 2.05) is 48.5 Å². The number of fused-ring (bicyclic) bond motifs is 1. The van der Waals surface area contributed by atoms with Gasteiger partial charge in [-0.2, -0.15) is 0 Å². The Hall–Kier alpha value is -2.62. The number of rotatable bonds is 6. The van der Waals surface area contributed by atoms with Crippen LogP contribution in [0.1, 0.15) is 24.5 Å². The Morgan fingerprint density at radius 2 is 2.00 bits per heavy atom. The van der Waals surface area contributed by atoms with Crippen LogP contribution in [0.4, 0.5) is 0 Å². The van der Waals surface area contributed by atoms with E-state index in [1.165, 1.54) is 5.56 Å². The maximum atomic E-state index is 12.7. The fourth-order valence-electron chi connectivity index (χ4n) is 3.09. The van der Waals surface area contributed by atoms with Gasteiger partial charge in [0, 0.05) is 30.9 Å². The van der Waals surface area contributed by atoms with Crippen LogP contribution in [0.5, 0.6) is 0 Å². The molecule has 2 aromatic heterocycles. The van der Waals surface area contributed by atoms with Crippen molar-refractivity contribution >= 4 is 16.9 Å². The van der Waals surface area contributed by atoms with Crippen molar-refractivity contribution in [2.45, 2.75) is 32.2 Å². The average molecular weight is 321 g/mol. The van der Waals surface area contributed by atoms with Crippen LogP contribution in [0.15, 0.2) is 54.9 Å². The molecule has 0 aliphatic heterocycles. The summed E-state index contributed by atoms with van der Waals surface area (Å²) >= 11 is 0. The molecule has 0 aliphatic carbocycles. The second-order valence-corrected chi connectivity index (χ2v) is 6.15. The number of likely N-dealkylation sites (N-methyl/N-ethyl adjacent to an activating group) is 1. The zero-order valence-electron chi connectivity index (χ0n) is 14.2. The largest absolute Gasteiger partial charge is 0.346 e. The maximum absolute atomic E-state index is 12.7. The molecule has 124 valence electrons. The van der Waals surface area contributed by atoms with E-state index in [2.05, 4.69) is 29.0 Å². The lowest BCUT2D eigenvalue weighted by molar-refractivity contribution is -0.131. The van der Waals surface area contributed by atoms with E-state index in [0.29, 0.717) is 6.42 Å². The van der Waals surface area contributed by atoms with E-state index in [9.17, 15) is 4.79 Å². The highest BCUT2D eigenvalue weighted by molar-refractivity contribution is 5.87. The van der Waals surface area contributed by atoms with Crippen molar-refractivity contribution in [3.63, 3.8) is 0 Å². The van der Waals surface area contributed by atoms with Crippen LogP contribution in [0.2, 0.25) is 0 Å². The molecule has 1 amide bonds. The Balaban J connectivity index is 1.71. The summed E-state index contributed by atoms with van der Waals surface area (Å²) < 4.78 is 0. The molecule has 0 radical (unpaired) electrons. The molecule has 0 saturated carbocycles. The highest BCUT2D eigenvalue weighted by Gasteiger charge is 2.20. The number of benzene rings is 1. The molecule has 1 atom stereocenters. The summed E-state index contributed by atoms with van der Waals surface area (Å²) in [5.74, 6) is 0.141. The highest BCUT2D eigenvalue weighted by Crippen LogP contribution is 2.18. The van der Waals surface area contributed by atoms with Gasteiger partial charge in [-0.05, 0) is 36.1 Å². The number of hydrogen-bond donors (Lipinski definition) is 1. The van der Waals surface area contributed by atoms with Gasteiger partial charge in [-0.15, -0.1) is 0 Å². The van der Waals surface area contributed by atoms with Gasteiger partial charge in [0.2, 0.25) is 5.91 Å². The van der Waals surface area contributed by atoms with Gasteiger partial charge in [0.25, 0.3) is 0 Å². The van der Waals surface area contributed by atoms with E-state index in [1.54, 1.807) is 6.20 Å². The SMILES string of the molecule is CCC(Cc1ccccc1)N(C)C(=O)Cc1c[nH]c2ncccc12. The van der Waals surface area contributed by atoms with Crippen LogP contribution in [0.25, 0.3) is 11.0 Å². The first kappa shape index (κ1) is 16.2. The van der Waals surface area contributed by atoms with Gasteiger partial charge in [0.1, 0.15) is 5.65 Å². The molecule has 24 heavy (non-hydrogen) atoms. The minimum absolute atomic E-state index is 0.141. The van der Waals surface area contributed by atoms with Crippen molar-refractivity contribution in [1.82, 2.24) is 14.9 Å². The summed E-state index contributed by atoms with van der Waals surface area (Å²) in [5, 5.41) is 1.02. The molecule has 3 aromatic rings. The number of carbonyl (C=O) groups is 1. The van der Waals surface area contributed by atoms with Gasteiger partial charge < -0.3 is 9.88 Å². The molecule has 0 spiro atoms. The summed E-state index contributed by atoms with van der Waals surface area (Å²) in [4.78, 5) is 22.0. The first-order valence-corrected chi connectivity index (χ1v) is 8.39. The normalized spacial score (nSPS) is 12.2. The van der Waals surface area contributed by atoms with Crippen LogP contribution in [0.3, 0.4) is 0 Å². The van der Waals surface area contributed by atoms with Gasteiger partial charge in [0.15, 0.2) is 0 Å². The van der Waals surface area contributed by atoms with Crippen LogP contribution < -0.4 is 0 Å². The Kier molecular flexibility index (Phi) is 4.94. The summed E-state index contributed by atoms with van der Waals surface area (Å²) in [6.45, 7) is 2.13. The second kappa shape index (κ2) is 7.30. The first-order chi connectivity index (χ1) is 11.7. The second-order valence-electron chi connectivity index (χ2n) is 6.15. The van der Waals surface area contributed by atoms with Gasteiger partial charge in [-0.3, -0.25) is 4.79 Å². The lowest BCUT2D eigenvalue weighted by atomic mass is 10.0. The van der Waals surface area contributed by atoms with E-state index >= 15 is 0 Å². The number of carbonyl (C=O) groups excluding carboxylic acids is 1. The molecule has 0 aliphatic rings. The molecule has 4 nitrogen and oxygen atoms in total. The Bertz CT molecular complexity index is 810. The lowest BCUT2D eigenvalue weighted by Gasteiger charge is -2.27. The van der Waals surface area contributed by atoms with Gasteiger partial charge >= 0.3 is 0 Å². The molecule has 3 rings (SSSR count). The molecule has 4 heteroatoms. The van der Waals surface area contributed by atoms with E-state index in [0.717, 1.165) is 29.4 Å². The summed E-state index contributed by atoms with van der Waals surface area (Å²) in [6.07, 6.45) is 5.86. The topological polar surface area (TPSA) is 49.0 Å². The molecular formula is C20H23N3O. The monoisotopic (exact) mass is 321 g/mol. The standard InChI is InChI=1S/C20H23N3O/c1-3-17(12-15-8-5-4-6-9-15)23(2)19(24)13-16-14-22-20-18(16)10-7-11-21-20/h4-11,14,17H,3,12-13H2,1-2H3,(H,21,22). The van der Waals surface area contributed by atoms with E-state index in [4.69, 9.17) is 0 Å². The highest BCUT2D eigenvalue weighted by atomic mass is 16.2. The van der Waals surface area contributed by atoms with Crippen molar-refractivity contribution in [2.75, 3.05) is 7.05 Å². The third-order valence-electron chi connectivity index (χ3n) is 4.60. The minimum Gasteiger partial charge on any atom is -0.346 e. The summed E-state index contributed by atoms with van der Waals surface area (Å²) in [5.41, 5.74) is 3.10. The van der Waals surface area contributed by atoms with Crippen molar-refractivity contribution in [3.05, 3.63) is 66.0 Å². The number of amides is 1. The van der Waals surface area contributed by atoms with Crippen LogP contribution >= 0.6 is 0 Å². The Labute approximate surface area is 142 Å². The van der Waals surface area contributed by atoms with Crippen molar-refractivity contribution < 1.29 is 4.79 Å². The van der Waals surface area contributed by atoms with Crippen molar-refractivity contribution in [2.24, 2.45) is 0 Å². The molecule has 0 fully saturated rings. The van der Waals surface area contributed by atoms with E-state index in [-0.39, 0.29) is 11.9 Å². The predicted molar refractivity (Wildman–Crippen MR) is 96.8 cm³/mol. The number of H-pyrrole nitrogens is 1. The summed E-state index contributed by atoms with van der Waals surface area (Å²) in [6, 6.07) is 14.5. The molecule has 1 unspecified atom stereocenters. The number of nitrogens with one attached hydrogen (secondary N) is 1. The number of aromatic nitrogens is 2. The molecule has 0 bridgehead atoms.